The molecule has 1 N–H and O–H groups in total. The minimum atomic E-state index is -1.16. The second-order valence-electron chi connectivity index (χ2n) is 4.73. The van der Waals surface area contributed by atoms with Gasteiger partial charge in [0.2, 0.25) is 0 Å². The van der Waals surface area contributed by atoms with Gasteiger partial charge in [-0.2, -0.15) is 0 Å². The molecule has 1 heterocycles. The second kappa shape index (κ2) is 3.57. The summed E-state index contributed by atoms with van der Waals surface area (Å²) in [5, 5.41) is 9.95. The third-order valence-electron chi connectivity index (χ3n) is 3.01. The Hall–Kier alpha value is -0.940. The fourth-order valence-corrected chi connectivity index (χ4v) is 1.39. The third kappa shape index (κ3) is 2.03. The molecule has 5 heteroatoms. The maximum Gasteiger partial charge on any atom is 0.255 e. The number of carbonyl (C=O) groups excluding carboxylic acids is 2. The van der Waals surface area contributed by atoms with E-state index in [4.69, 9.17) is 4.74 Å². The van der Waals surface area contributed by atoms with Crippen LogP contribution in [-0.2, 0) is 14.3 Å². The van der Waals surface area contributed by atoms with Crippen molar-refractivity contribution in [3.8, 4) is 0 Å². The molecule has 1 rings (SSSR count). The summed E-state index contributed by atoms with van der Waals surface area (Å²) in [6.07, 6.45) is 0. The molecule has 0 saturated carbocycles. The van der Waals surface area contributed by atoms with Crippen molar-refractivity contribution >= 4 is 11.8 Å². The van der Waals surface area contributed by atoms with Crippen molar-refractivity contribution in [1.29, 1.82) is 0 Å². The summed E-state index contributed by atoms with van der Waals surface area (Å²) in [5.41, 5.74) is -2.10. The molecule has 2 amide bonds. The number of amides is 2. The van der Waals surface area contributed by atoms with E-state index in [0.717, 1.165) is 4.90 Å². The number of nitrogens with zero attached hydrogens (tertiary/aromatic N) is 1. The Kier molecular flexibility index (Phi) is 2.89. The first-order valence-electron chi connectivity index (χ1n) is 4.84. The highest BCUT2D eigenvalue weighted by molar-refractivity contribution is 5.99. The fraction of sp³-hybridized carbons (Fsp3) is 0.800. The highest BCUT2D eigenvalue weighted by Gasteiger charge is 2.47. The van der Waals surface area contributed by atoms with Gasteiger partial charge in [0.25, 0.3) is 11.8 Å². The lowest BCUT2D eigenvalue weighted by molar-refractivity contribution is -0.175. The van der Waals surface area contributed by atoms with Crippen LogP contribution in [0.2, 0.25) is 0 Å². The Bertz CT molecular complexity index is 274. The van der Waals surface area contributed by atoms with E-state index < -0.39 is 23.0 Å². The molecule has 5 nitrogen and oxygen atoms in total. The quantitative estimate of drug-likeness (QED) is 0.654. The maximum absolute atomic E-state index is 11.6. The van der Waals surface area contributed by atoms with Crippen LogP contribution in [-0.4, -0.2) is 46.2 Å². The smallest absolute Gasteiger partial charge is 0.255 e. The molecule has 1 aliphatic heterocycles. The van der Waals surface area contributed by atoms with Gasteiger partial charge in [-0.25, -0.2) is 0 Å². The molecular formula is C10H17NO4. The molecule has 1 aliphatic rings. The van der Waals surface area contributed by atoms with Crippen LogP contribution in [0.3, 0.4) is 0 Å². The van der Waals surface area contributed by atoms with Crippen LogP contribution in [0.15, 0.2) is 0 Å². The van der Waals surface area contributed by atoms with Gasteiger partial charge in [0.15, 0.2) is 0 Å². The summed E-state index contributed by atoms with van der Waals surface area (Å²) in [4.78, 5) is 24.2. The zero-order valence-corrected chi connectivity index (χ0v) is 9.53. The lowest BCUT2D eigenvalue weighted by Crippen LogP contribution is -2.64. The minimum Gasteiger partial charge on any atom is -0.388 e. The van der Waals surface area contributed by atoms with Gasteiger partial charge in [-0.05, 0) is 27.7 Å². The molecule has 1 fully saturated rings. The van der Waals surface area contributed by atoms with Crippen LogP contribution in [0.5, 0.6) is 0 Å². The SMILES string of the molecule is CC(C)(O)C(C)(C)N1C(=O)COCC1=O. The van der Waals surface area contributed by atoms with Crippen molar-refractivity contribution < 1.29 is 19.4 Å². The van der Waals surface area contributed by atoms with Crippen molar-refractivity contribution in [2.75, 3.05) is 13.2 Å². The van der Waals surface area contributed by atoms with Crippen LogP contribution in [0.1, 0.15) is 27.7 Å². The Balaban J connectivity index is 3.03. The maximum atomic E-state index is 11.6. The number of hydrogen-bond acceptors (Lipinski definition) is 4. The van der Waals surface area contributed by atoms with Crippen LogP contribution in [0, 0.1) is 0 Å². The van der Waals surface area contributed by atoms with Gasteiger partial charge < -0.3 is 9.84 Å². The van der Waals surface area contributed by atoms with E-state index in [1.807, 2.05) is 0 Å². The highest BCUT2D eigenvalue weighted by atomic mass is 16.5. The van der Waals surface area contributed by atoms with Gasteiger partial charge in [0.1, 0.15) is 13.2 Å². The van der Waals surface area contributed by atoms with Crippen molar-refractivity contribution in [2.45, 2.75) is 38.8 Å². The number of rotatable bonds is 2. The third-order valence-corrected chi connectivity index (χ3v) is 3.01. The van der Waals surface area contributed by atoms with Gasteiger partial charge in [-0.3, -0.25) is 14.5 Å². The lowest BCUT2D eigenvalue weighted by atomic mass is 9.84. The van der Waals surface area contributed by atoms with Gasteiger partial charge in [0.05, 0.1) is 11.1 Å². The molecular weight excluding hydrogens is 198 g/mol. The van der Waals surface area contributed by atoms with Crippen LogP contribution < -0.4 is 0 Å². The van der Waals surface area contributed by atoms with E-state index in [9.17, 15) is 14.7 Å². The van der Waals surface area contributed by atoms with Crippen LogP contribution >= 0.6 is 0 Å². The standard InChI is InChI=1S/C10H17NO4/c1-9(2,10(3,4)14)11-7(12)5-15-6-8(11)13/h14H,5-6H2,1-4H3. The zero-order chi connectivity index (χ0) is 11.9. The summed E-state index contributed by atoms with van der Waals surface area (Å²) in [7, 11) is 0. The normalized spacial score (nSPS) is 19.7. The van der Waals surface area contributed by atoms with Crippen molar-refractivity contribution in [3.05, 3.63) is 0 Å². The van der Waals surface area contributed by atoms with Gasteiger partial charge in [0, 0.05) is 0 Å². The van der Waals surface area contributed by atoms with Crippen molar-refractivity contribution in [3.63, 3.8) is 0 Å². The Morgan fingerprint density at radius 2 is 1.53 bits per heavy atom. The molecule has 86 valence electrons. The molecule has 0 aliphatic carbocycles. The summed E-state index contributed by atoms with van der Waals surface area (Å²) in [5.74, 6) is -0.809. The number of carbonyl (C=O) groups is 2. The summed E-state index contributed by atoms with van der Waals surface area (Å²) in [6.45, 7) is 6.25. The largest absolute Gasteiger partial charge is 0.388 e. The molecule has 0 radical (unpaired) electrons. The van der Waals surface area contributed by atoms with Crippen molar-refractivity contribution in [2.24, 2.45) is 0 Å². The molecule has 0 aromatic heterocycles. The number of ether oxygens (including phenoxy) is 1. The van der Waals surface area contributed by atoms with Crippen LogP contribution in [0.4, 0.5) is 0 Å². The predicted octanol–water partition coefficient (Wildman–Crippen LogP) is -0.0787. The van der Waals surface area contributed by atoms with Gasteiger partial charge >= 0.3 is 0 Å². The first-order valence-corrected chi connectivity index (χ1v) is 4.84. The molecule has 0 bridgehead atoms. The summed E-state index contributed by atoms with van der Waals surface area (Å²) in [6, 6.07) is 0. The summed E-state index contributed by atoms with van der Waals surface area (Å²) < 4.78 is 4.81. The molecule has 0 aromatic rings. The number of morpholine rings is 1. The second-order valence-corrected chi connectivity index (χ2v) is 4.73. The Morgan fingerprint density at radius 3 is 1.87 bits per heavy atom. The Labute approximate surface area is 89.0 Å². The lowest BCUT2D eigenvalue weighted by Gasteiger charge is -2.46. The first kappa shape index (κ1) is 12.1. The molecule has 0 aromatic carbocycles. The molecule has 0 spiro atoms. The molecule has 0 atom stereocenters. The monoisotopic (exact) mass is 215 g/mol. The highest BCUT2D eigenvalue weighted by Crippen LogP contribution is 2.29. The van der Waals surface area contributed by atoms with E-state index in [-0.39, 0.29) is 13.2 Å². The average Bonchev–Trinajstić information content (AvgIpc) is 2.00. The van der Waals surface area contributed by atoms with E-state index >= 15 is 0 Å². The van der Waals surface area contributed by atoms with Crippen LogP contribution in [0.25, 0.3) is 0 Å². The van der Waals surface area contributed by atoms with E-state index in [2.05, 4.69) is 0 Å². The van der Waals surface area contributed by atoms with E-state index in [0.29, 0.717) is 0 Å². The number of imide groups is 1. The van der Waals surface area contributed by atoms with Gasteiger partial charge in [-0.1, -0.05) is 0 Å². The minimum absolute atomic E-state index is 0.106. The average molecular weight is 215 g/mol. The molecule has 15 heavy (non-hydrogen) atoms. The van der Waals surface area contributed by atoms with E-state index in [1.165, 1.54) is 0 Å². The van der Waals surface area contributed by atoms with E-state index in [1.54, 1.807) is 27.7 Å². The predicted molar refractivity (Wildman–Crippen MR) is 53.0 cm³/mol. The molecule has 1 saturated heterocycles. The van der Waals surface area contributed by atoms with Crippen molar-refractivity contribution in [1.82, 2.24) is 4.90 Å². The molecule has 0 unspecified atom stereocenters. The fourth-order valence-electron chi connectivity index (χ4n) is 1.39. The first-order chi connectivity index (χ1) is 6.68. The van der Waals surface area contributed by atoms with Gasteiger partial charge in [-0.15, -0.1) is 0 Å². The number of aliphatic hydroxyl groups is 1. The topological polar surface area (TPSA) is 66.8 Å². The zero-order valence-electron chi connectivity index (χ0n) is 9.53. The summed E-state index contributed by atoms with van der Waals surface area (Å²) >= 11 is 0. The Morgan fingerprint density at radius 1 is 1.13 bits per heavy atom. The number of hydrogen-bond donors (Lipinski definition) is 1.